The van der Waals surface area contributed by atoms with Gasteiger partial charge in [0.2, 0.25) is 0 Å². The zero-order valence-corrected chi connectivity index (χ0v) is 11.0. The number of phenolic OH excluding ortho intramolecular Hbond substituents is 3. The highest BCUT2D eigenvalue weighted by molar-refractivity contribution is 5.92. The first kappa shape index (κ1) is 14.3. The summed E-state index contributed by atoms with van der Waals surface area (Å²) in [6, 6.07) is 16.3. The number of hydrogen-bond acceptors (Lipinski definition) is 5. The summed E-state index contributed by atoms with van der Waals surface area (Å²) in [6.45, 7) is 0. The van der Waals surface area contributed by atoms with Gasteiger partial charge in [-0.3, -0.25) is 0 Å². The number of fused-ring (bicyclic) bond motifs is 1. The summed E-state index contributed by atoms with van der Waals surface area (Å²) in [4.78, 5) is 10.3. The van der Waals surface area contributed by atoms with Crippen LogP contribution >= 0.6 is 0 Å². The monoisotopic (exact) mass is 283 g/mol. The van der Waals surface area contributed by atoms with Crippen LogP contribution in [0.5, 0.6) is 17.2 Å². The number of nitrogens with zero attached hydrogens (tertiary/aromatic N) is 1. The predicted octanol–water partition coefficient (Wildman–Crippen LogP) is 4.04. The van der Waals surface area contributed by atoms with E-state index in [9.17, 15) is 10.0 Å². The lowest BCUT2D eigenvalue weighted by Crippen LogP contribution is -1.73. The molecule has 0 saturated heterocycles. The standard InChI is InChI=1S/C10H7NO2.C6H6O2/c12-10-8-4-2-1-3-7(8)5-6-9(10)11-13;7-5-1-2-6(8)4-3-5/h1-6,12H;1-4,7-8H. The minimum Gasteiger partial charge on any atom is -0.508 e. The lowest BCUT2D eigenvalue weighted by atomic mass is 10.1. The van der Waals surface area contributed by atoms with E-state index in [1.165, 1.54) is 30.3 Å². The molecule has 5 heteroatoms. The fourth-order valence-corrected chi connectivity index (χ4v) is 1.77. The fourth-order valence-electron chi connectivity index (χ4n) is 1.77. The molecule has 5 nitrogen and oxygen atoms in total. The molecular weight excluding hydrogens is 270 g/mol. The quantitative estimate of drug-likeness (QED) is 0.464. The SMILES string of the molecule is O=Nc1ccc2ccccc2c1O.Oc1ccc(O)cc1. The third-order valence-electron chi connectivity index (χ3n) is 2.83. The molecule has 3 aromatic rings. The first-order chi connectivity index (χ1) is 10.1. The maximum absolute atomic E-state index is 10.3. The Hall–Kier alpha value is -3.08. The Morgan fingerprint density at radius 1 is 0.714 bits per heavy atom. The van der Waals surface area contributed by atoms with Crippen LogP contribution in [0.25, 0.3) is 10.8 Å². The molecule has 3 rings (SSSR count). The second-order valence-corrected chi connectivity index (χ2v) is 4.26. The molecule has 0 radical (unpaired) electrons. The number of aromatic hydroxyl groups is 3. The Morgan fingerprint density at radius 2 is 1.29 bits per heavy atom. The minimum absolute atomic E-state index is 0.0481. The average Bonchev–Trinajstić information content (AvgIpc) is 2.52. The molecule has 0 aliphatic rings. The highest BCUT2D eigenvalue weighted by atomic mass is 16.3. The van der Waals surface area contributed by atoms with E-state index in [0.717, 1.165) is 5.39 Å². The third-order valence-corrected chi connectivity index (χ3v) is 2.83. The number of nitroso groups, excluding NO2 is 1. The molecule has 0 bridgehead atoms. The van der Waals surface area contributed by atoms with Crippen molar-refractivity contribution in [2.45, 2.75) is 0 Å². The largest absolute Gasteiger partial charge is 0.508 e. The Balaban J connectivity index is 0.000000173. The smallest absolute Gasteiger partial charge is 0.152 e. The molecule has 0 saturated carbocycles. The molecule has 0 unspecified atom stereocenters. The van der Waals surface area contributed by atoms with Crippen molar-refractivity contribution in [1.29, 1.82) is 0 Å². The highest BCUT2D eigenvalue weighted by Gasteiger charge is 2.04. The molecule has 3 N–H and O–H groups in total. The zero-order chi connectivity index (χ0) is 15.2. The first-order valence-corrected chi connectivity index (χ1v) is 6.14. The van der Waals surface area contributed by atoms with Gasteiger partial charge < -0.3 is 15.3 Å². The van der Waals surface area contributed by atoms with Crippen LogP contribution in [0.3, 0.4) is 0 Å². The van der Waals surface area contributed by atoms with E-state index in [2.05, 4.69) is 5.18 Å². The Kier molecular flexibility index (Phi) is 4.36. The first-order valence-electron chi connectivity index (χ1n) is 6.14. The van der Waals surface area contributed by atoms with E-state index in [-0.39, 0.29) is 22.9 Å². The molecule has 0 amide bonds. The highest BCUT2D eigenvalue weighted by Crippen LogP contribution is 2.33. The van der Waals surface area contributed by atoms with Crippen LogP contribution in [0, 0.1) is 4.91 Å². The van der Waals surface area contributed by atoms with Crippen LogP contribution in [0.4, 0.5) is 5.69 Å². The topological polar surface area (TPSA) is 90.1 Å². The van der Waals surface area contributed by atoms with Gasteiger partial charge in [0.1, 0.15) is 17.2 Å². The van der Waals surface area contributed by atoms with Gasteiger partial charge >= 0.3 is 0 Å². The minimum atomic E-state index is -0.0481. The van der Waals surface area contributed by atoms with Gasteiger partial charge in [-0.15, -0.1) is 4.91 Å². The zero-order valence-electron chi connectivity index (χ0n) is 11.0. The normalized spacial score (nSPS) is 9.71. The molecule has 0 aromatic heterocycles. The van der Waals surface area contributed by atoms with E-state index in [0.29, 0.717) is 5.39 Å². The van der Waals surface area contributed by atoms with Gasteiger partial charge in [0, 0.05) is 5.39 Å². The van der Waals surface area contributed by atoms with Gasteiger partial charge in [0.05, 0.1) is 0 Å². The summed E-state index contributed by atoms with van der Waals surface area (Å²) in [7, 11) is 0. The number of benzene rings is 3. The molecule has 0 atom stereocenters. The van der Waals surface area contributed by atoms with Crippen LogP contribution in [-0.2, 0) is 0 Å². The Labute approximate surface area is 120 Å². The molecule has 3 aromatic carbocycles. The Bertz CT molecular complexity index is 733. The second kappa shape index (κ2) is 6.38. The summed E-state index contributed by atoms with van der Waals surface area (Å²) < 4.78 is 0. The molecule has 0 spiro atoms. The van der Waals surface area contributed by atoms with Gasteiger partial charge in [-0.25, -0.2) is 0 Å². The summed E-state index contributed by atoms with van der Waals surface area (Å²) in [6.07, 6.45) is 0. The summed E-state index contributed by atoms with van der Waals surface area (Å²) in [5.41, 5.74) is 0.0821. The van der Waals surface area contributed by atoms with E-state index in [1.54, 1.807) is 18.2 Å². The van der Waals surface area contributed by atoms with Crippen molar-refractivity contribution in [3.05, 3.63) is 65.6 Å². The van der Waals surface area contributed by atoms with Crippen LogP contribution in [0.15, 0.2) is 65.8 Å². The van der Waals surface area contributed by atoms with Crippen LogP contribution in [-0.4, -0.2) is 15.3 Å². The number of rotatable bonds is 1. The molecule has 21 heavy (non-hydrogen) atoms. The van der Waals surface area contributed by atoms with Crippen molar-refractivity contribution in [2.75, 3.05) is 0 Å². The summed E-state index contributed by atoms with van der Waals surface area (Å²) >= 11 is 0. The van der Waals surface area contributed by atoms with Gasteiger partial charge in [-0.1, -0.05) is 30.3 Å². The maximum atomic E-state index is 10.3. The van der Waals surface area contributed by atoms with E-state index in [1.807, 2.05) is 12.1 Å². The van der Waals surface area contributed by atoms with Crippen LogP contribution in [0.2, 0.25) is 0 Å². The number of hydrogen-bond donors (Lipinski definition) is 3. The molecule has 0 fully saturated rings. The van der Waals surface area contributed by atoms with Crippen molar-refractivity contribution in [2.24, 2.45) is 5.18 Å². The molecular formula is C16H13NO4. The molecule has 106 valence electrons. The van der Waals surface area contributed by atoms with Crippen molar-refractivity contribution < 1.29 is 15.3 Å². The van der Waals surface area contributed by atoms with Gasteiger partial charge in [0.15, 0.2) is 5.75 Å². The summed E-state index contributed by atoms with van der Waals surface area (Å²) in [5.74, 6) is 0.290. The maximum Gasteiger partial charge on any atom is 0.152 e. The van der Waals surface area contributed by atoms with E-state index >= 15 is 0 Å². The number of phenols is 3. The lowest BCUT2D eigenvalue weighted by Gasteiger charge is -2.00. The lowest BCUT2D eigenvalue weighted by molar-refractivity contribution is 0.460. The van der Waals surface area contributed by atoms with Gasteiger partial charge in [0.25, 0.3) is 0 Å². The van der Waals surface area contributed by atoms with E-state index in [4.69, 9.17) is 10.2 Å². The Morgan fingerprint density at radius 3 is 1.86 bits per heavy atom. The molecule has 0 aliphatic carbocycles. The second-order valence-electron chi connectivity index (χ2n) is 4.26. The van der Waals surface area contributed by atoms with Crippen molar-refractivity contribution in [1.82, 2.24) is 0 Å². The van der Waals surface area contributed by atoms with Crippen molar-refractivity contribution >= 4 is 16.5 Å². The van der Waals surface area contributed by atoms with Gasteiger partial charge in [-0.2, -0.15) is 0 Å². The average molecular weight is 283 g/mol. The predicted molar refractivity (Wildman–Crippen MR) is 80.8 cm³/mol. The van der Waals surface area contributed by atoms with E-state index < -0.39 is 0 Å². The van der Waals surface area contributed by atoms with Crippen LogP contribution in [0.1, 0.15) is 0 Å². The fraction of sp³-hybridized carbons (Fsp3) is 0. The summed E-state index contributed by atoms with van der Waals surface area (Å²) in [5, 5.41) is 31.1. The molecule has 0 aliphatic heterocycles. The van der Waals surface area contributed by atoms with Gasteiger partial charge in [-0.05, 0) is 40.9 Å². The third kappa shape index (κ3) is 3.48. The van der Waals surface area contributed by atoms with Crippen molar-refractivity contribution in [3.63, 3.8) is 0 Å². The van der Waals surface area contributed by atoms with Crippen LogP contribution < -0.4 is 0 Å². The van der Waals surface area contributed by atoms with Crippen molar-refractivity contribution in [3.8, 4) is 17.2 Å². The molecule has 0 heterocycles.